The zero-order chi connectivity index (χ0) is 16.3. The van der Waals surface area contributed by atoms with Gasteiger partial charge in [-0.05, 0) is 24.0 Å². The molecule has 23 heavy (non-hydrogen) atoms. The topological polar surface area (TPSA) is 26.3 Å². The first-order chi connectivity index (χ1) is 11.3. The number of esters is 1. The molecule has 0 N–H and O–H groups in total. The minimum atomic E-state index is -0.124. The Morgan fingerprint density at radius 1 is 1.00 bits per heavy atom. The molecule has 120 valence electrons. The molecule has 0 saturated carbocycles. The van der Waals surface area contributed by atoms with Crippen LogP contribution in [0.1, 0.15) is 42.7 Å². The van der Waals surface area contributed by atoms with Gasteiger partial charge in [0.15, 0.2) is 0 Å². The Morgan fingerprint density at radius 2 is 1.65 bits per heavy atom. The van der Waals surface area contributed by atoms with Gasteiger partial charge in [-0.2, -0.15) is 0 Å². The summed E-state index contributed by atoms with van der Waals surface area (Å²) in [6.45, 7) is 0. The molecule has 0 aliphatic rings. The fourth-order valence-electron chi connectivity index (χ4n) is 2.60. The molecule has 2 aromatic carbocycles. The molecule has 0 aromatic heterocycles. The zero-order valence-corrected chi connectivity index (χ0v) is 13.7. The van der Waals surface area contributed by atoms with E-state index in [4.69, 9.17) is 4.74 Å². The van der Waals surface area contributed by atoms with Crippen LogP contribution in [-0.2, 0) is 9.53 Å². The van der Waals surface area contributed by atoms with Crippen molar-refractivity contribution in [2.45, 2.75) is 31.6 Å². The minimum absolute atomic E-state index is 0.124. The second-order valence-corrected chi connectivity index (χ2v) is 5.61. The van der Waals surface area contributed by atoms with E-state index in [1.165, 1.54) is 18.2 Å². The first-order valence-corrected chi connectivity index (χ1v) is 8.14. The summed E-state index contributed by atoms with van der Waals surface area (Å²) in [6, 6.07) is 20.9. The van der Waals surface area contributed by atoms with E-state index in [9.17, 15) is 4.79 Å². The largest absolute Gasteiger partial charge is 0.469 e. The van der Waals surface area contributed by atoms with Crippen molar-refractivity contribution in [1.29, 1.82) is 0 Å². The third kappa shape index (κ3) is 6.11. The van der Waals surface area contributed by atoms with Gasteiger partial charge in [-0.3, -0.25) is 4.79 Å². The highest BCUT2D eigenvalue weighted by Crippen LogP contribution is 2.25. The molecule has 0 bridgehead atoms. The van der Waals surface area contributed by atoms with Crippen molar-refractivity contribution >= 4 is 12.0 Å². The van der Waals surface area contributed by atoms with Crippen LogP contribution in [0.25, 0.3) is 6.08 Å². The Kier molecular flexibility index (Phi) is 7.12. The van der Waals surface area contributed by atoms with E-state index in [0.29, 0.717) is 12.3 Å². The number of rotatable bonds is 8. The second-order valence-electron chi connectivity index (χ2n) is 5.61. The van der Waals surface area contributed by atoms with Gasteiger partial charge in [0.1, 0.15) is 0 Å². The molecular formula is C21H24O2. The quantitative estimate of drug-likeness (QED) is 0.494. The van der Waals surface area contributed by atoms with E-state index in [0.717, 1.165) is 19.3 Å². The summed E-state index contributed by atoms with van der Waals surface area (Å²) in [6.07, 6.45) is 7.86. The number of ether oxygens (including phenoxy) is 1. The smallest absolute Gasteiger partial charge is 0.305 e. The number of carbonyl (C=O) groups excluding carboxylic acids is 1. The molecule has 2 aromatic rings. The molecule has 0 amide bonds. The number of allylic oxidation sites excluding steroid dienone is 1. The van der Waals surface area contributed by atoms with Gasteiger partial charge in [-0.1, -0.05) is 79.2 Å². The van der Waals surface area contributed by atoms with E-state index < -0.39 is 0 Å². The average molecular weight is 308 g/mol. The van der Waals surface area contributed by atoms with E-state index in [1.54, 1.807) is 0 Å². The van der Waals surface area contributed by atoms with Crippen LogP contribution in [0, 0.1) is 0 Å². The van der Waals surface area contributed by atoms with Gasteiger partial charge >= 0.3 is 5.97 Å². The maximum atomic E-state index is 11.2. The highest BCUT2D eigenvalue weighted by atomic mass is 16.5. The van der Waals surface area contributed by atoms with Crippen LogP contribution in [0.2, 0.25) is 0 Å². The van der Waals surface area contributed by atoms with Gasteiger partial charge in [-0.15, -0.1) is 0 Å². The highest BCUT2D eigenvalue weighted by molar-refractivity contribution is 5.68. The second kappa shape index (κ2) is 9.62. The summed E-state index contributed by atoms with van der Waals surface area (Å²) in [4.78, 5) is 11.2. The maximum Gasteiger partial charge on any atom is 0.305 e. The van der Waals surface area contributed by atoms with Crippen LogP contribution in [-0.4, -0.2) is 13.1 Å². The van der Waals surface area contributed by atoms with Crippen molar-refractivity contribution in [3.05, 3.63) is 77.9 Å². The molecule has 0 fully saturated rings. The van der Waals surface area contributed by atoms with Crippen molar-refractivity contribution in [3.63, 3.8) is 0 Å². The fourth-order valence-corrected chi connectivity index (χ4v) is 2.60. The third-order valence-corrected chi connectivity index (χ3v) is 3.92. The number of benzene rings is 2. The predicted molar refractivity (Wildman–Crippen MR) is 95.1 cm³/mol. The van der Waals surface area contributed by atoms with Crippen molar-refractivity contribution in [2.24, 2.45) is 0 Å². The molecule has 2 heteroatoms. The maximum absolute atomic E-state index is 11.2. The molecule has 1 unspecified atom stereocenters. The summed E-state index contributed by atoms with van der Waals surface area (Å²) >= 11 is 0. The summed E-state index contributed by atoms with van der Waals surface area (Å²) in [5.74, 6) is 0.246. The summed E-state index contributed by atoms with van der Waals surface area (Å²) in [5, 5.41) is 0. The Hall–Kier alpha value is -2.35. The molecule has 0 aliphatic carbocycles. The van der Waals surface area contributed by atoms with Gasteiger partial charge in [0.2, 0.25) is 0 Å². The van der Waals surface area contributed by atoms with E-state index in [2.05, 4.69) is 48.6 Å². The van der Waals surface area contributed by atoms with Gasteiger partial charge < -0.3 is 4.74 Å². The minimum Gasteiger partial charge on any atom is -0.469 e. The lowest BCUT2D eigenvalue weighted by molar-refractivity contribution is -0.140. The molecule has 0 aliphatic heterocycles. The van der Waals surface area contributed by atoms with Gasteiger partial charge in [0, 0.05) is 12.3 Å². The Bertz CT molecular complexity index is 602. The van der Waals surface area contributed by atoms with Crippen molar-refractivity contribution in [2.75, 3.05) is 7.11 Å². The lowest BCUT2D eigenvalue weighted by Gasteiger charge is -2.13. The predicted octanol–water partition coefficient (Wildman–Crippen LogP) is 5.22. The number of hydrogen-bond donors (Lipinski definition) is 0. The molecule has 0 radical (unpaired) electrons. The molecular weight excluding hydrogens is 284 g/mol. The molecule has 0 saturated heterocycles. The van der Waals surface area contributed by atoms with E-state index in [1.807, 2.05) is 24.3 Å². The summed E-state index contributed by atoms with van der Waals surface area (Å²) < 4.78 is 4.69. The first kappa shape index (κ1) is 17.0. The van der Waals surface area contributed by atoms with Crippen molar-refractivity contribution in [1.82, 2.24) is 0 Å². The molecule has 0 spiro atoms. The SMILES string of the molecule is COC(=O)CCCCC(/C=C/c1ccccc1)c1ccccc1. The third-order valence-electron chi connectivity index (χ3n) is 3.92. The fraction of sp³-hybridized carbons (Fsp3) is 0.286. The highest BCUT2D eigenvalue weighted by Gasteiger charge is 2.08. The van der Waals surface area contributed by atoms with E-state index in [-0.39, 0.29) is 5.97 Å². The van der Waals surface area contributed by atoms with Gasteiger partial charge in [0.05, 0.1) is 7.11 Å². The van der Waals surface area contributed by atoms with Crippen LogP contribution in [0.3, 0.4) is 0 Å². The van der Waals surface area contributed by atoms with Crippen molar-refractivity contribution < 1.29 is 9.53 Å². The lowest BCUT2D eigenvalue weighted by atomic mass is 9.92. The lowest BCUT2D eigenvalue weighted by Crippen LogP contribution is -2.01. The standard InChI is InChI=1S/C21H24O2/c1-23-21(22)15-9-8-14-20(19-12-6-3-7-13-19)17-16-18-10-4-2-5-11-18/h2-7,10-13,16-17,20H,8-9,14-15H2,1H3/b17-16+. The number of hydrogen-bond acceptors (Lipinski definition) is 2. The normalized spacial score (nSPS) is 12.2. The Morgan fingerprint density at radius 3 is 2.30 bits per heavy atom. The molecule has 2 nitrogen and oxygen atoms in total. The number of carbonyl (C=O) groups is 1. The Labute approximate surface area is 138 Å². The average Bonchev–Trinajstić information content (AvgIpc) is 2.62. The summed E-state index contributed by atoms with van der Waals surface area (Å²) in [7, 11) is 1.44. The number of unbranched alkanes of at least 4 members (excludes halogenated alkanes) is 1. The van der Waals surface area contributed by atoms with Gasteiger partial charge in [-0.25, -0.2) is 0 Å². The first-order valence-electron chi connectivity index (χ1n) is 8.14. The van der Waals surface area contributed by atoms with Crippen LogP contribution in [0.5, 0.6) is 0 Å². The van der Waals surface area contributed by atoms with E-state index >= 15 is 0 Å². The van der Waals surface area contributed by atoms with Gasteiger partial charge in [0.25, 0.3) is 0 Å². The van der Waals surface area contributed by atoms with Crippen molar-refractivity contribution in [3.8, 4) is 0 Å². The molecule has 2 rings (SSSR count). The zero-order valence-electron chi connectivity index (χ0n) is 13.7. The molecule has 0 heterocycles. The molecule has 1 atom stereocenters. The van der Waals surface area contributed by atoms with Crippen LogP contribution in [0.4, 0.5) is 0 Å². The number of methoxy groups -OCH3 is 1. The monoisotopic (exact) mass is 308 g/mol. The Balaban J connectivity index is 1.98. The van der Waals surface area contributed by atoms with Crippen LogP contribution < -0.4 is 0 Å². The van der Waals surface area contributed by atoms with Crippen LogP contribution in [0.15, 0.2) is 66.7 Å². The van der Waals surface area contributed by atoms with Crippen LogP contribution >= 0.6 is 0 Å². The summed E-state index contributed by atoms with van der Waals surface area (Å²) in [5.41, 5.74) is 2.53.